The summed E-state index contributed by atoms with van der Waals surface area (Å²) in [7, 11) is 1.52. The number of rotatable bonds is 2. The van der Waals surface area contributed by atoms with E-state index in [0.29, 0.717) is 16.9 Å². The highest BCUT2D eigenvalue weighted by Crippen LogP contribution is 2.39. The van der Waals surface area contributed by atoms with Crippen LogP contribution < -0.4 is 4.74 Å². The number of benzene rings is 2. The maximum atomic E-state index is 12.9. The number of nitrogens with zero attached hydrogens (tertiary/aromatic N) is 1. The first-order valence-corrected chi connectivity index (χ1v) is 5.69. The smallest absolute Gasteiger partial charge is 0.407 e. The van der Waals surface area contributed by atoms with Crippen LogP contribution in [0.3, 0.4) is 0 Å². The van der Waals surface area contributed by atoms with Crippen LogP contribution in [0.2, 0.25) is 0 Å². The van der Waals surface area contributed by atoms with Gasteiger partial charge in [0.25, 0.3) is 0 Å². The molecule has 2 rings (SSSR count). The SMILES string of the molecule is [C-]#[N+]c1ccc(-c2ccc(OC)cc2)cc1C(F)(F)F. The fraction of sp³-hybridized carbons (Fsp3) is 0.133. The molecule has 102 valence electrons. The first kappa shape index (κ1) is 13.9. The van der Waals surface area contributed by atoms with Crippen LogP contribution in [0.1, 0.15) is 5.56 Å². The molecule has 0 aromatic heterocycles. The van der Waals surface area contributed by atoms with Crippen molar-refractivity contribution in [3.63, 3.8) is 0 Å². The van der Waals surface area contributed by atoms with Crippen molar-refractivity contribution in [3.8, 4) is 16.9 Å². The van der Waals surface area contributed by atoms with E-state index in [1.54, 1.807) is 24.3 Å². The van der Waals surface area contributed by atoms with Crippen LogP contribution in [0.5, 0.6) is 5.75 Å². The first-order chi connectivity index (χ1) is 9.45. The molecule has 0 N–H and O–H groups in total. The van der Waals surface area contributed by atoms with Gasteiger partial charge in [-0.1, -0.05) is 30.3 Å². The number of methoxy groups -OCH3 is 1. The van der Waals surface area contributed by atoms with Crippen LogP contribution in [0, 0.1) is 6.57 Å². The zero-order valence-corrected chi connectivity index (χ0v) is 10.5. The molecule has 0 radical (unpaired) electrons. The van der Waals surface area contributed by atoms with Crippen LogP contribution in [0.25, 0.3) is 16.0 Å². The maximum absolute atomic E-state index is 12.9. The molecule has 5 heteroatoms. The van der Waals surface area contributed by atoms with Gasteiger partial charge in [-0.05, 0) is 23.3 Å². The van der Waals surface area contributed by atoms with Crippen LogP contribution in [0.4, 0.5) is 18.9 Å². The molecule has 2 aromatic rings. The second-order valence-corrected chi connectivity index (χ2v) is 4.07. The van der Waals surface area contributed by atoms with E-state index < -0.39 is 17.4 Å². The molecule has 0 fully saturated rings. The quantitative estimate of drug-likeness (QED) is 0.709. The van der Waals surface area contributed by atoms with Gasteiger partial charge in [0.05, 0.1) is 19.2 Å². The standard InChI is InChI=1S/C15H10F3NO/c1-19-14-8-5-11(9-13(14)15(16,17)18)10-3-6-12(20-2)7-4-10/h3-9H,2H3. The minimum absolute atomic E-state index is 0.394. The number of ether oxygens (including phenoxy) is 1. The van der Waals surface area contributed by atoms with Gasteiger partial charge in [-0.2, -0.15) is 13.2 Å². The van der Waals surface area contributed by atoms with Gasteiger partial charge in [0.1, 0.15) is 5.75 Å². The second-order valence-electron chi connectivity index (χ2n) is 4.07. The molecule has 0 heterocycles. The lowest BCUT2D eigenvalue weighted by Crippen LogP contribution is -2.05. The van der Waals surface area contributed by atoms with Crippen LogP contribution in [-0.2, 0) is 6.18 Å². The Bertz CT molecular complexity index is 654. The number of alkyl halides is 3. The summed E-state index contributed by atoms with van der Waals surface area (Å²) in [6.07, 6.45) is -4.54. The average molecular weight is 277 g/mol. The minimum atomic E-state index is -4.54. The van der Waals surface area contributed by atoms with Crippen LogP contribution in [-0.4, -0.2) is 7.11 Å². The van der Waals surface area contributed by atoms with Crippen molar-refractivity contribution >= 4 is 5.69 Å². The van der Waals surface area contributed by atoms with Crippen molar-refractivity contribution in [1.29, 1.82) is 0 Å². The van der Waals surface area contributed by atoms with E-state index in [2.05, 4.69) is 4.85 Å². The predicted molar refractivity (Wildman–Crippen MR) is 69.7 cm³/mol. The number of hydrogen-bond acceptors (Lipinski definition) is 1. The van der Waals surface area contributed by atoms with E-state index in [0.717, 1.165) is 6.07 Å². The maximum Gasteiger partial charge on any atom is 0.407 e. The third-order valence-electron chi connectivity index (χ3n) is 2.85. The fourth-order valence-electron chi connectivity index (χ4n) is 1.82. The van der Waals surface area contributed by atoms with Gasteiger partial charge in [0.15, 0.2) is 5.69 Å². The molecule has 0 atom stereocenters. The lowest BCUT2D eigenvalue weighted by atomic mass is 10.0. The van der Waals surface area contributed by atoms with Crippen molar-refractivity contribution < 1.29 is 17.9 Å². The van der Waals surface area contributed by atoms with Gasteiger partial charge in [-0.25, -0.2) is 4.85 Å². The molecule has 0 amide bonds. The summed E-state index contributed by atoms with van der Waals surface area (Å²) in [6, 6.07) is 10.4. The van der Waals surface area contributed by atoms with Gasteiger partial charge in [-0.3, -0.25) is 0 Å². The molecule has 0 saturated heterocycles. The van der Waals surface area contributed by atoms with E-state index in [9.17, 15) is 13.2 Å². The molecule has 0 spiro atoms. The molecule has 0 aliphatic rings. The fourth-order valence-corrected chi connectivity index (χ4v) is 1.82. The first-order valence-electron chi connectivity index (χ1n) is 5.69. The van der Waals surface area contributed by atoms with Crippen molar-refractivity contribution in [3.05, 3.63) is 59.4 Å². The summed E-state index contributed by atoms with van der Waals surface area (Å²) < 4.78 is 43.7. The lowest BCUT2D eigenvalue weighted by Gasteiger charge is -2.11. The summed E-state index contributed by atoms with van der Waals surface area (Å²) in [5.74, 6) is 0.627. The van der Waals surface area contributed by atoms with Gasteiger partial charge < -0.3 is 4.74 Å². The van der Waals surface area contributed by atoms with Crippen LogP contribution in [0.15, 0.2) is 42.5 Å². The molecule has 0 saturated carbocycles. The zero-order valence-electron chi connectivity index (χ0n) is 10.5. The molecule has 2 aromatic carbocycles. The Kier molecular flexibility index (Phi) is 3.66. The Morgan fingerprint density at radius 2 is 1.60 bits per heavy atom. The lowest BCUT2D eigenvalue weighted by molar-refractivity contribution is -0.136. The van der Waals surface area contributed by atoms with E-state index in [1.165, 1.54) is 19.2 Å². The van der Waals surface area contributed by atoms with Crippen molar-refractivity contribution in [2.24, 2.45) is 0 Å². The van der Waals surface area contributed by atoms with Gasteiger partial charge in [0, 0.05) is 0 Å². The molecule has 0 bridgehead atoms. The Morgan fingerprint density at radius 1 is 1.00 bits per heavy atom. The zero-order chi connectivity index (χ0) is 14.8. The topological polar surface area (TPSA) is 13.6 Å². The highest BCUT2D eigenvalue weighted by molar-refractivity contribution is 5.69. The van der Waals surface area contributed by atoms with E-state index in [4.69, 9.17) is 11.3 Å². The second kappa shape index (κ2) is 5.25. The summed E-state index contributed by atoms with van der Waals surface area (Å²) in [6.45, 7) is 6.80. The Morgan fingerprint density at radius 3 is 2.10 bits per heavy atom. The van der Waals surface area contributed by atoms with Crippen molar-refractivity contribution in [2.45, 2.75) is 6.18 Å². The molecule has 2 nitrogen and oxygen atoms in total. The monoisotopic (exact) mass is 277 g/mol. The molecule has 0 aliphatic carbocycles. The molecular weight excluding hydrogens is 267 g/mol. The predicted octanol–water partition coefficient (Wildman–Crippen LogP) is 4.93. The van der Waals surface area contributed by atoms with Gasteiger partial charge >= 0.3 is 6.18 Å². The minimum Gasteiger partial charge on any atom is -0.497 e. The van der Waals surface area contributed by atoms with E-state index >= 15 is 0 Å². The number of hydrogen-bond donors (Lipinski definition) is 0. The van der Waals surface area contributed by atoms with Crippen molar-refractivity contribution in [2.75, 3.05) is 7.11 Å². The third-order valence-corrected chi connectivity index (χ3v) is 2.85. The highest BCUT2D eigenvalue weighted by Gasteiger charge is 2.33. The van der Waals surface area contributed by atoms with Crippen molar-refractivity contribution in [1.82, 2.24) is 0 Å². The Labute approximate surface area is 114 Å². The third kappa shape index (κ3) is 2.75. The summed E-state index contributed by atoms with van der Waals surface area (Å²) in [4.78, 5) is 2.91. The average Bonchev–Trinajstić information content (AvgIpc) is 2.46. The summed E-state index contributed by atoms with van der Waals surface area (Å²) in [5.41, 5.74) is -0.268. The molecular formula is C15H10F3NO. The summed E-state index contributed by atoms with van der Waals surface area (Å²) >= 11 is 0. The van der Waals surface area contributed by atoms with E-state index in [-0.39, 0.29) is 0 Å². The Hall–Kier alpha value is -2.48. The van der Waals surface area contributed by atoms with Gasteiger partial charge in [0.2, 0.25) is 0 Å². The molecule has 20 heavy (non-hydrogen) atoms. The molecule has 0 aliphatic heterocycles. The Balaban J connectivity index is 2.50. The van der Waals surface area contributed by atoms with Crippen LogP contribution >= 0.6 is 0 Å². The molecule has 0 unspecified atom stereocenters. The largest absolute Gasteiger partial charge is 0.497 e. The van der Waals surface area contributed by atoms with E-state index in [1.807, 2.05) is 0 Å². The normalized spacial score (nSPS) is 10.9. The highest BCUT2D eigenvalue weighted by atomic mass is 19.4. The number of halogens is 3. The van der Waals surface area contributed by atoms with Gasteiger partial charge in [-0.15, -0.1) is 0 Å². The summed E-state index contributed by atoms with van der Waals surface area (Å²) in [5, 5.41) is 0.